The van der Waals surface area contributed by atoms with Gasteiger partial charge in [0.25, 0.3) is 5.69 Å². The smallest absolute Gasteiger partial charge is 0.293 e. The van der Waals surface area contributed by atoms with E-state index >= 15 is 0 Å². The molecule has 0 spiro atoms. The van der Waals surface area contributed by atoms with Crippen molar-refractivity contribution in [2.45, 2.75) is 63.8 Å². The van der Waals surface area contributed by atoms with Crippen LogP contribution in [0, 0.1) is 24.0 Å². The van der Waals surface area contributed by atoms with E-state index in [1.807, 2.05) is 6.92 Å². The van der Waals surface area contributed by atoms with E-state index in [1.165, 1.54) is 24.2 Å². The quantitative estimate of drug-likeness (QED) is 0.350. The predicted molar refractivity (Wildman–Crippen MR) is 127 cm³/mol. The minimum absolute atomic E-state index is 0.0776. The minimum atomic E-state index is -0.474. The van der Waals surface area contributed by atoms with Gasteiger partial charge in [-0.05, 0) is 57.1 Å². The van der Waals surface area contributed by atoms with Crippen LogP contribution in [0.5, 0.6) is 0 Å². The first-order chi connectivity index (χ1) is 15.9. The Hall–Kier alpha value is -2.66. The number of piperidine rings is 1. The van der Waals surface area contributed by atoms with Crippen LogP contribution in [0.15, 0.2) is 17.3 Å². The number of benzene rings is 1. The molecule has 3 heterocycles. The molecule has 1 atom stereocenters. The fraction of sp³-hybridized carbons (Fsp3) is 0.591. The van der Waals surface area contributed by atoms with E-state index in [9.17, 15) is 14.9 Å². The van der Waals surface area contributed by atoms with Gasteiger partial charge in [0.05, 0.1) is 23.3 Å². The topological polar surface area (TPSA) is 115 Å². The zero-order chi connectivity index (χ0) is 23.4. The van der Waals surface area contributed by atoms with Gasteiger partial charge in [0.2, 0.25) is 11.9 Å². The van der Waals surface area contributed by atoms with Crippen molar-refractivity contribution in [3.63, 3.8) is 0 Å². The fourth-order valence-corrected chi connectivity index (χ4v) is 5.03. The third kappa shape index (κ3) is 5.47. The number of thioether (sulfide) groups is 1. The number of amides is 1. The molecule has 0 bridgehead atoms. The second-order valence-electron chi connectivity index (χ2n) is 8.57. The molecule has 178 valence electrons. The van der Waals surface area contributed by atoms with Gasteiger partial charge in [0.1, 0.15) is 5.69 Å². The Morgan fingerprint density at radius 3 is 2.73 bits per heavy atom. The molecule has 1 aromatic carbocycles. The largest absolute Gasteiger partial charge is 0.376 e. The molecule has 33 heavy (non-hydrogen) atoms. The van der Waals surface area contributed by atoms with Crippen LogP contribution >= 0.6 is 11.8 Å². The van der Waals surface area contributed by atoms with Gasteiger partial charge in [-0.1, -0.05) is 17.8 Å². The molecule has 1 N–H and O–H groups in total. The van der Waals surface area contributed by atoms with Crippen LogP contribution in [-0.4, -0.2) is 57.1 Å². The lowest BCUT2D eigenvalue weighted by atomic mass is 10.1. The van der Waals surface area contributed by atoms with E-state index in [0.717, 1.165) is 56.9 Å². The van der Waals surface area contributed by atoms with Gasteiger partial charge < -0.3 is 15.0 Å². The molecule has 0 radical (unpaired) electrons. The van der Waals surface area contributed by atoms with Gasteiger partial charge in [-0.2, -0.15) is 0 Å². The van der Waals surface area contributed by atoms with Crippen LogP contribution in [0.4, 0.5) is 17.3 Å². The highest BCUT2D eigenvalue weighted by molar-refractivity contribution is 7.99. The van der Waals surface area contributed by atoms with Crippen molar-refractivity contribution in [3.05, 3.63) is 33.4 Å². The number of aryl methyl sites for hydroxylation is 1. The molecule has 0 saturated carbocycles. The molecule has 2 saturated heterocycles. The normalized spacial score (nSPS) is 18.5. The average molecular weight is 475 g/mol. The maximum absolute atomic E-state index is 12.7. The highest BCUT2D eigenvalue weighted by atomic mass is 32.2. The maximum Gasteiger partial charge on any atom is 0.293 e. The number of nitro benzene ring substituents is 1. The molecule has 2 aliphatic heterocycles. The fourth-order valence-electron chi connectivity index (χ4n) is 4.28. The second-order valence-corrected chi connectivity index (χ2v) is 9.51. The number of nitro groups is 1. The third-order valence-electron chi connectivity index (χ3n) is 6.25. The molecule has 10 nitrogen and oxygen atoms in total. The number of aromatic nitrogens is 3. The molecular formula is C22H30N6O4S. The van der Waals surface area contributed by atoms with Gasteiger partial charge in [0.15, 0.2) is 5.16 Å². The average Bonchev–Trinajstić information content (AvgIpc) is 3.46. The maximum atomic E-state index is 12.7. The summed E-state index contributed by atoms with van der Waals surface area (Å²) in [5.74, 6) is 0.593. The summed E-state index contributed by atoms with van der Waals surface area (Å²) in [6.07, 6.45) is 5.65. The summed E-state index contributed by atoms with van der Waals surface area (Å²) in [5.41, 5.74) is 1.72. The van der Waals surface area contributed by atoms with Crippen LogP contribution in [0.1, 0.15) is 43.2 Å². The number of carbonyl (C=O) groups excluding carboxylic acids is 1. The van der Waals surface area contributed by atoms with Crippen molar-refractivity contribution in [3.8, 4) is 0 Å². The lowest BCUT2D eigenvalue weighted by molar-refractivity contribution is -0.384. The van der Waals surface area contributed by atoms with Crippen molar-refractivity contribution in [2.24, 2.45) is 0 Å². The minimum Gasteiger partial charge on any atom is -0.376 e. The Morgan fingerprint density at radius 2 is 2.03 bits per heavy atom. The number of ether oxygens (including phenoxy) is 1. The van der Waals surface area contributed by atoms with E-state index in [1.54, 1.807) is 13.0 Å². The summed E-state index contributed by atoms with van der Waals surface area (Å²) in [4.78, 5) is 25.9. The standard InChI is InChI=1S/C22H30N6O4S/c1-15-8-9-18(28(30)31)20(16(15)2)23-19(29)14-33-22-25-24-21(26-10-4-3-5-11-26)27(22)13-17-7-6-12-32-17/h8-9,17H,3-7,10-14H2,1-2H3,(H,23,29). The van der Waals surface area contributed by atoms with Crippen LogP contribution in [0.3, 0.4) is 0 Å². The van der Waals surface area contributed by atoms with Crippen molar-refractivity contribution < 1.29 is 14.5 Å². The molecular weight excluding hydrogens is 444 g/mol. The van der Waals surface area contributed by atoms with Crippen LogP contribution in [-0.2, 0) is 16.1 Å². The summed E-state index contributed by atoms with van der Waals surface area (Å²) in [5, 5.41) is 23.7. The van der Waals surface area contributed by atoms with Gasteiger partial charge in [-0.3, -0.25) is 19.5 Å². The van der Waals surface area contributed by atoms with E-state index in [2.05, 4.69) is 25.0 Å². The Kier molecular flexibility index (Phi) is 7.49. The summed E-state index contributed by atoms with van der Waals surface area (Å²) in [6, 6.07) is 3.11. The zero-order valence-corrected chi connectivity index (χ0v) is 19.9. The number of rotatable bonds is 8. The first kappa shape index (κ1) is 23.5. The molecule has 1 amide bonds. The highest BCUT2D eigenvalue weighted by Gasteiger charge is 2.25. The first-order valence-electron chi connectivity index (χ1n) is 11.4. The number of anilines is 2. The van der Waals surface area contributed by atoms with Gasteiger partial charge in [0, 0.05) is 25.8 Å². The Balaban J connectivity index is 1.49. The Morgan fingerprint density at radius 1 is 1.24 bits per heavy atom. The molecule has 2 fully saturated rings. The molecule has 1 unspecified atom stereocenters. The van der Waals surface area contributed by atoms with E-state index in [-0.39, 0.29) is 29.1 Å². The Bertz CT molecular complexity index is 1010. The molecule has 1 aromatic heterocycles. The highest BCUT2D eigenvalue weighted by Crippen LogP contribution is 2.31. The Labute approximate surface area is 197 Å². The van der Waals surface area contributed by atoms with Crippen molar-refractivity contribution in [1.29, 1.82) is 0 Å². The van der Waals surface area contributed by atoms with E-state index < -0.39 is 4.92 Å². The predicted octanol–water partition coefficient (Wildman–Crippen LogP) is 3.70. The molecule has 0 aliphatic carbocycles. The number of carbonyl (C=O) groups is 1. The van der Waals surface area contributed by atoms with Crippen molar-refractivity contribution >= 4 is 35.0 Å². The molecule has 4 rings (SSSR count). The number of nitrogens with one attached hydrogen (secondary N) is 1. The van der Waals surface area contributed by atoms with Gasteiger partial charge in [-0.15, -0.1) is 10.2 Å². The van der Waals surface area contributed by atoms with Crippen LogP contribution in [0.25, 0.3) is 0 Å². The second kappa shape index (κ2) is 10.5. The lowest BCUT2D eigenvalue weighted by Crippen LogP contribution is -2.33. The summed E-state index contributed by atoms with van der Waals surface area (Å²) in [6.45, 7) is 6.96. The monoisotopic (exact) mass is 474 g/mol. The van der Waals surface area contributed by atoms with Gasteiger partial charge in [-0.25, -0.2) is 0 Å². The van der Waals surface area contributed by atoms with Gasteiger partial charge >= 0.3 is 0 Å². The number of nitrogens with zero attached hydrogens (tertiary/aromatic N) is 5. The molecule has 2 aromatic rings. The van der Waals surface area contributed by atoms with Crippen LogP contribution < -0.4 is 10.2 Å². The number of hydrogen-bond acceptors (Lipinski definition) is 8. The van der Waals surface area contributed by atoms with Crippen LogP contribution in [0.2, 0.25) is 0 Å². The molecule has 2 aliphatic rings. The summed E-state index contributed by atoms with van der Waals surface area (Å²) >= 11 is 1.29. The SMILES string of the molecule is Cc1ccc([N+](=O)[O-])c(NC(=O)CSc2nnc(N3CCCCC3)n2CC2CCCO2)c1C. The third-order valence-corrected chi connectivity index (χ3v) is 7.22. The van der Waals surface area contributed by atoms with E-state index in [0.29, 0.717) is 17.3 Å². The number of hydrogen-bond donors (Lipinski definition) is 1. The molecule has 11 heteroatoms. The van der Waals surface area contributed by atoms with Crippen molar-refractivity contribution in [1.82, 2.24) is 14.8 Å². The van der Waals surface area contributed by atoms with Crippen molar-refractivity contribution in [2.75, 3.05) is 35.7 Å². The lowest BCUT2D eigenvalue weighted by Gasteiger charge is -2.28. The first-order valence-corrected chi connectivity index (χ1v) is 12.4. The van der Waals surface area contributed by atoms with E-state index in [4.69, 9.17) is 4.74 Å². The summed E-state index contributed by atoms with van der Waals surface area (Å²) < 4.78 is 7.91. The summed E-state index contributed by atoms with van der Waals surface area (Å²) in [7, 11) is 0. The zero-order valence-electron chi connectivity index (χ0n) is 19.1.